The highest BCUT2D eigenvalue weighted by Gasteiger charge is 2.30. The first kappa shape index (κ1) is 18.2. The summed E-state index contributed by atoms with van der Waals surface area (Å²) in [6.45, 7) is 0. The minimum atomic E-state index is -4.06. The fourth-order valence-electron chi connectivity index (χ4n) is 3.45. The molecule has 1 aliphatic heterocycles. The third-order valence-electron chi connectivity index (χ3n) is 4.82. The van der Waals surface area contributed by atoms with Crippen LogP contribution in [0.1, 0.15) is 16.2 Å². The van der Waals surface area contributed by atoms with Gasteiger partial charge in [0.05, 0.1) is 27.0 Å². The molecule has 9 heteroatoms. The molecular formula is C21H12FN3O4S. The van der Waals surface area contributed by atoms with Gasteiger partial charge in [-0.15, -0.1) is 0 Å². The number of nitrogens with zero attached hydrogens (tertiary/aromatic N) is 2. The summed E-state index contributed by atoms with van der Waals surface area (Å²) in [5.41, 5.74) is 0.706. The van der Waals surface area contributed by atoms with Gasteiger partial charge >= 0.3 is 0 Å². The topological polar surface area (TPSA) is 98.1 Å². The SMILES string of the molecule is O=C1c2ccccc2-n2c1nc1ccc(NS(=O)(=O)c3cccc(F)c3)cc1c2=O. The molecule has 0 radical (unpaired) electrons. The molecule has 0 bridgehead atoms. The van der Waals surface area contributed by atoms with E-state index in [2.05, 4.69) is 9.71 Å². The van der Waals surface area contributed by atoms with Crippen LogP contribution in [0.3, 0.4) is 0 Å². The molecule has 3 aromatic carbocycles. The van der Waals surface area contributed by atoms with Crippen molar-refractivity contribution in [1.29, 1.82) is 0 Å². The van der Waals surface area contributed by atoms with Crippen molar-refractivity contribution < 1.29 is 17.6 Å². The first-order valence-electron chi connectivity index (χ1n) is 8.84. The maximum atomic E-state index is 13.4. The number of rotatable bonds is 3. The van der Waals surface area contributed by atoms with E-state index in [0.717, 1.165) is 12.1 Å². The molecule has 148 valence electrons. The van der Waals surface area contributed by atoms with E-state index < -0.39 is 21.4 Å². The van der Waals surface area contributed by atoms with E-state index in [9.17, 15) is 22.4 Å². The zero-order chi connectivity index (χ0) is 21.0. The van der Waals surface area contributed by atoms with Gasteiger partial charge < -0.3 is 0 Å². The average molecular weight is 421 g/mol. The van der Waals surface area contributed by atoms with E-state index in [-0.39, 0.29) is 33.1 Å². The molecule has 0 saturated carbocycles. The van der Waals surface area contributed by atoms with Crippen molar-refractivity contribution in [1.82, 2.24) is 9.55 Å². The van der Waals surface area contributed by atoms with Crippen molar-refractivity contribution in [3.05, 3.63) is 94.3 Å². The number of sulfonamides is 1. The van der Waals surface area contributed by atoms with Crippen LogP contribution in [-0.2, 0) is 10.0 Å². The maximum absolute atomic E-state index is 13.4. The van der Waals surface area contributed by atoms with Gasteiger partial charge in [-0.05, 0) is 48.5 Å². The summed E-state index contributed by atoms with van der Waals surface area (Å²) >= 11 is 0. The van der Waals surface area contributed by atoms with E-state index in [1.807, 2.05) is 0 Å². The van der Waals surface area contributed by atoms with Crippen molar-refractivity contribution in [2.75, 3.05) is 4.72 Å². The Bertz CT molecular complexity index is 1540. The molecule has 0 amide bonds. The molecule has 0 unspecified atom stereocenters. The number of hydrogen-bond donors (Lipinski definition) is 1. The second-order valence-electron chi connectivity index (χ2n) is 6.72. The average Bonchev–Trinajstić information content (AvgIpc) is 3.01. The van der Waals surface area contributed by atoms with Gasteiger partial charge in [0.1, 0.15) is 5.82 Å². The molecule has 0 fully saturated rings. The molecule has 5 rings (SSSR count). The van der Waals surface area contributed by atoms with Crippen LogP contribution in [0.25, 0.3) is 16.6 Å². The molecule has 0 saturated heterocycles. The second kappa shape index (κ2) is 6.33. The number of ketones is 1. The summed E-state index contributed by atoms with van der Waals surface area (Å²) in [4.78, 5) is 29.7. The molecular weight excluding hydrogens is 409 g/mol. The Morgan fingerprint density at radius 1 is 0.933 bits per heavy atom. The molecule has 4 aromatic rings. The van der Waals surface area contributed by atoms with Gasteiger partial charge in [-0.25, -0.2) is 17.8 Å². The van der Waals surface area contributed by atoms with E-state index in [0.29, 0.717) is 11.3 Å². The van der Waals surface area contributed by atoms with E-state index in [1.165, 1.54) is 34.9 Å². The quantitative estimate of drug-likeness (QED) is 0.483. The van der Waals surface area contributed by atoms with Crippen LogP contribution in [0.2, 0.25) is 0 Å². The standard InChI is InChI=1S/C21H12FN3O4S/c22-12-4-3-5-14(10-12)30(28,29)24-13-8-9-17-16(11-13)21(27)25-18-7-2-1-6-15(18)19(26)20(25)23-17/h1-11,24H. The summed E-state index contributed by atoms with van der Waals surface area (Å²) < 4.78 is 42.1. The summed E-state index contributed by atoms with van der Waals surface area (Å²) in [5, 5.41) is 0.141. The zero-order valence-corrected chi connectivity index (χ0v) is 16.0. The lowest BCUT2D eigenvalue weighted by Gasteiger charge is -2.10. The third kappa shape index (κ3) is 2.71. The van der Waals surface area contributed by atoms with Gasteiger partial charge in [0, 0.05) is 5.69 Å². The highest BCUT2D eigenvalue weighted by Crippen LogP contribution is 2.27. The van der Waals surface area contributed by atoms with Crippen LogP contribution in [0.5, 0.6) is 0 Å². The molecule has 7 nitrogen and oxygen atoms in total. The zero-order valence-electron chi connectivity index (χ0n) is 15.2. The van der Waals surface area contributed by atoms with Crippen molar-refractivity contribution in [3.63, 3.8) is 0 Å². The van der Waals surface area contributed by atoms with Crippen LogP contribution in [0.4, 0.5) is 10.1 Å². The lowest BCUT2D eigenvalue weighted by atomic mass is 10.1. The fraction of sp³-hybridized carbons (Fsp3) is 0. The fourth-order valence-corrected chi connectivity index (χ4v) is 4.53. The number of anilines is 1. The van der Waals surface area contributed by atoms with E-state index >= 15 is 0 Å². The van der Waals surface area contributed by atoms with Gasteiger partial charge in [-0.2, -0.15) is 0 Å². The normalized spacial score (nSPS) is 12.6. The Balaban J connectivity index is 1.64. The van der Waals surface area contributed by atoms with Crippen LogP contribution in [-0.4, -0.2) is 23.8 Å². The highest BCUT2D eigenvalue weighted by molar-refractivity contribution is 7.92. The Kier molecular flexibility index (Phi) is 3.84. The first-order chi connectivity index (χ1) is 14.3. The van der Waals surface area contributed by atoms with Crippen molar-refractivity contribution in [2.24, 2.45) is 0 Å². The predicted octanol–water partition coefficient (Wildman–Crippen LogP) is 2.87. The molecule has 1 aromatic heterocycles. The molecule has 1 aliphatic rings. The Labute approximate surface area is 169 Å². The van der Waals surface area contributed by atoms with Crippen LogP contribution < -0.4 is 10.3 Å². The number of halogens is 1. The number of aromatic nitrogens is 2. The number of fused-ring (bicyclic) bond motifs is 4. The molecule has 30 heavy (non-hydrogen) atoms. The van der Waals surface area contributed by atoms with Gasteiger partial charge in [0.15, 0.2) is 5.82 Å². The number of benzene rings is 3. The molecule has 0 atom stereocenters. The monoisotopic (exact) mass is 421 g/mol. The van der Waals surface area contributed by atoms with Crippen molar-refractivity contribution in [2.45, 2.75) is 4.90 Å². The smallest absolute Gasteiger partial charge is 0.266 e. The summed E-state index contributed by atoms with van der Waals surface area (Å²) in [6.07, 6.45) is 0. The second-order valence-corrected chi connectivity index (χ2v) is 8.40. The van der Waals surface area contributed by atoms with E-state index in [1.54, 1.807) is 24.3 Å². The first-order valence-corrected chi connectivity index (χ1v) is 10.3. The summed E-state index contributed by atoms with van der Waals surface area (Å²) in [6, 6.07) is 15.5. The predicted molar refractivity (Wildman–Crippen MR) is 108 cm³/mol. The minimum Gasteiger partial charge on any atom is -0.285 e. The van der Waals surface area contributed by atoms with E-state index in [4.69, 9.17) is 0 Å². The van der Waals surface area contributed by atoms with Crippen LogP contribution >= 0.6 is 0 Å². The number of hydrogen-bond acceptors (Lipinski definition) is 5. The lowest BCUT2D eigenvalue weighted by molar-refractivity contribution is 0.103. The van der Waals surface area contributed by atoms with Gasteiger partial charge in [0.25, 0.3) is 15.6 Å². The Hall–Kier alpha value is -3.85. The minimum absolute atomic E-state index is 0.0155. The van der Waals surface area contributed by atoms with Crippen LogP contribution in [0.15, 0.2) is 76.4 Å². The van der Waals surface area contributed by atoms with Gasteiger partial charge in [-0.3, -0.25) is 18.9 Å². The number of para-hydroxylation sites is 1. The number of nitrogens with one attached hydrogen (secondary N) is 1. The maximum Gasteiger partial charge on any atom is 0.266 e. The molecule has 0 spiro atoms. The van der Waals surface area contributed by atoms with Gasteiger partial charge in [0.2, 0.25) is 5.78 Å². The molecule has 2 heterocycles. The number of carbonyl (C=O) groups is 1. The largest absolute Gasteiger partial charge is 0.285 e. The van der Waals surface area contributed by atoms with Crippen molar-refractivity contribution in [3.8, 4) is 5.69 Å². The number of carbonyl (C=O) groups excluding carboxylic acids is 1. The molecule has 0 aliphatic carbocycles. The molecule has 1 N–H and O–H groups in total. The Morgan fingerprint density at radius 3 is 2.53 bits per heavy atom. The van der Waals surface area contributed by atoms with Crippen LogP contribution in [0, 0.1) is 5.82 Å². The van der Waals surface area contributed by atoms with Gasteiger partial charge in [-0.1, -0.05) is 18.2 Å². The summed E-state index contributed by atoms with van der Waals surface area (Å²) in [7, 11) is -4.06. The Morgan fingerprint density at radius 2 is 1.73 bits per heavy atom. The highest BCUT2D eigenvalue weighted by atomic mass is 32.2. The lowest BCUT2D eigenvalue weighted by Crippen LogP contribution is -2.22. The van der Waals surface area contributed by atoms with Crippen molar-refractivity contribution >= 4 is 32.4 Å². The third-order valence-corrected chi connectivity index (χ3v) is 6.20. The summed E-state index contributed by atoms with van der Waals surface area (Å²) in [5.74, 6) is -1.01.